The number of hydrogen-bond donors (Lipinski definition) is 1. The van der Waals surface area contributed by atoms with Gasteiger partial charge in [-0.15, -0.1) is 11.3 Å². The molecule has 0 radical (unpaired) electrons. The van der Waals surface area contributed by atoms with Gasteiger partial charge in [-0.05, 0) is 74.2 Å². The van der Waals surface area contributed by atoms with Gasteiger partial charge in [0.2, 0.25) is 0 Å². The molecule has 3 heterocycles. The number of carbonyl (C=O) groups is 1. The third-order valence-electron chi connectivity index (χ3n) is 7.97. The third kappa shape index (κ3) is 4.83. The van der Waals surface area contributed by atoms with Crippen molar-refractivity contribution in [3.05, 3.63) is 70.4 Å². The van der Waals surface area contributed by atoms with Gasteiger partial charge in [0.1, 0.15) is 5.01 Å². The van der Waals surface area contributed by atoms with E-state index in [0.29, 0.717) is 17.5 Å². The summed E-state index contributed by atoms with van der Waals surface area (Å²) < 4.78 is 14.8. The lowest BCUT2D eigenvalue weighted by Crippen LogP contribution is -2.40. The minimum atomic E-state index is -0.812. The van der Waals surface area contributed by atoms with E-state index < -0.39 is 6.10 Å². The highest BCUT2D eigenvalue weighted by Gasteiger charge is 2.36. The molecular formula is C32H31ClN4O3S. The van der Waals surface area contributed by atoms with Crippen LogP contribution in [-0.2, 0) is 21.3 Å². The maximum atomic E-state index is 13.3. The van der Waals surface area contributed by atoms with E-state index in [1.165, 1.54) is 5.39 Å². The second-order valence-electron chi connectivity index (χ2n) is 10.9. The van der Waals surface area contributed by atoms with E-state index in [4.69, 9.17) is 31.2 Å². The Kier molecular flexibility index (Phi) is 6.82. The van der Waals surface area contributed by atoms with E-state index in [1.807, 2.05) is 49.8 Å². The minimum absolute atomic E-state index is 0.0702. The number of ether oxygens (including phenoxy) is 2. The Morgan fingerprint density at radius 1 is 1.15 bits per heavy atom. The number of esters is 1. The van der Waals surface area contributed by atoms with Crippen LogP contribution in [0.4, 0.5) is 0 Å². The van der Waals surface area contributed by atoms with Crippen LogP contribution in [0.3, 0.4) is 0 Å². The Balaban J connectivity index is 1.42. The fourth-order valence-electron chi connectivity index (χ4n) is 5.64. The summed E-state index contributed by atoms with van der Waals surface area (Å²) in [7, 11) is 2.00. The lowest BCUT2D eigenvalue weighted by atomic mass is 9.91. The van der Waals surface area contributed by atoms with Crippen molar-refractivity contribution in [2.45, 2.75) is 44.8 Å². The number of carbonyl (C=O) groups excluding carboxylic acids is 1. The van der Waals surface area contributed by atoms with Crippen LogP contribution in [0.25, 0.3) is 42.8 Å². The van der Waals surface area contributed by atoms with Crippen molar-refractivity contribution < 1.29 is 14.3 Å². The highest BCUT2D eigenvalue weighted by atomic mass is 35.5. The summed E-state index contributed by atoms with van der Waals surface area (Å²) in [6.45, 7) is 6.05. The number of aromatic nitrogens is 3. The summed E-state index contributed by atoms with van der Waals surface area (Å²) >= 11 is 7.92. The molecule has 7 nitrogen and oxygen atoms in total. The number of hydrogen-bond acceptors (Lipinski definition) is 7. The van der Waals surface area contributed by atoms with Gasteiger partial charge in [0.15, 0.2) is 6.10 Å². The van der Waals surface area contributed by atoms with Crippen LogP contribution in [0.15, 0.2) is 48.5 Å². The largest absolute Gasteiger partial charge is 0.464 e. The first-order valence-corrected chi connectivity index (χ1v) is 15.3. The summed E-state index contributed by atoms with van der Waals surface area (Å²) in [5, 5.41) is 11.0. The molecule has 1 saturated heterocycles. The molecule has 7 rings (SSSR count). The molecule has 2 aromatic heterocycles. The summed E-state index contributed by atoms with van der Waals surface area (Å²) in [5.41, 5.74) is 7.89. The van der Waals surface area contributed by atoms with E-state index in [9.17, 15) is 4.79 Å². The van der Waals surface area contributed by atoms with Gasteiger partial charge in [0, 0.05) is 53.2 Å². The summed E-state index contributed by atoms with van der Waals surface area (Å²) in [6.07, 6.45) is 1.16. The monoisotopic (exact) mass is 586 g/mol. The molecule has 41 heavy (non-hydrogen) atoms. The van der Waals surface area contributed by atoms with E-state index in [2.05, 4.69) is 29.6 Å². The zero-order valence-electron chi connectivity index (χ0n) is 23.2. The van der Waals surface area contributed by atoms with Crippen LogP contribution in [0.2, 0.25) is 5.02 Å². The van der Waals surface area contributed by atoms with Crippen molar-refractivity contribution in [2.24, 2.45) is 7.05 Å². The number of nitrogens with zero attached hydrogens (tertiary/aromatic N) is 3. The fourth-order valence-corrected chi connectivity index (χ4v) is 6.89. The number of fused-ring (bicyclic) bond motifs is 2. The fraction of sp³-hybridized carbons (Fsp3) is 0.344. The van der Waals surface area contributed by atoms with Crippen LogP contribution < -0.4 is 5.32 Å². The van der Waals surface area contributed by atoms with Crippen LogP contribution in [0.1, 0.15) is 48.6 Å². The Morgan fingerprint density at radius 2 is 1.90 bits per heavy atom. The molecule has 1 atom stereocenters. The SMILES string of the molecule is CCOC(=O)[C@@H](OC1CC1)c1c(C)cc2nc(-c3ccc4c(c3)c(C3CNC3)nn4C)sc2c1-c1ccc(Cl)cc1. The smallest absolute Gasteiger partial charge is 0.339 e. The van der Waals surface area contributed by atoms with Crippen LogP contribution in [0.5, 0.6) is 0 Å². The number of nitrogens with one attached hydrogen (secondary N) is 1. The molecule has 1 N–H and O–H groups in total. The average molecular weight is 587 g/mol. The molecule has 1 aliphatic heterocycles. The van der Waals surface area contributed by atoms with Crippen molar-refractivity contribution in [1.29, 1.82) is 0 Å². The zero-order chi connectivity index (χ0) is 28.2. The van der Waals surface area contributed by atoms with Gasteiger partial charge < -0.3 is 14.8 Å². The van der Waals surface area contributed by atoms with E-state index >= 15 is 0 Å². The van der Waals surface area contributed by atoms with E-state index in [-0.39, 0.29) is 12.1 Å². The molecule has 1 aliphatic carbocycles. The molecule has 5 aromatic rings. The van der Waals surface area contributed by atoms with Crippen molar-refractivity contribution in [2.75, 3.05) is 19.7 Å². The molecular weight excluding hydrogens is 556 g/mol. The molecule has 210 valence electrons. The maximum absolute atomic E-state index is 13.3. The third-order valence-corrected chi connectivity index (χ3v) is 9.36. The molecule has 2 aliphatic rings. The molecule has 1 saturated carbocycles. The van der Waals surface area contributed by atoms with Gasteiger partial charge in [-0.1, -0.05) is 23.7 Å². The summed E-state index contributed by atoms with van der Waals surface area (Å²) in [4.78, 5) is 18.4. The Morgan fingerprint density at radius 3 is 2.59 bits per heavy atom. The molecule has 0 bridgehead atoms. The van der Waals surface area contributed by atoms with Gasteiger partial charge in [-0.3, -0.25) is 4.68 Å². The zero-order valence-corrected chi connectivity index (χ0v) is 24.8. The second kappa shape index (κ2) is 10.5. The summed E-state index contributed by atoms with van der Waals surface area (Å²) in [6, 6.07) is 16.3. The minimum Gasteiger partial charge on any atom is -0.464 e. The molecule has 3 aromatic carbocycles. The quantitative estimate of drug-likeness (QED) is 0.198. The maximum Gasteiger partial charge on any atom is 0.339 e. The van der Waals surface area contributed by atoms with Crippen LogP contribution in [-0.4, -0.2) is 46.5 Å². The van der Waals surface area contributed by atoms with E-state index in [0.717, 1.165) is 80.2 Å². The van der Waals surface area contributed by atoms with Crippen LogP contribution in [0, 0.1) is 6.92 Å². The molecule has 0 amide bonds. The van der Waals surface area contributed by atoms with Crippen molar-refractivity contribution in [3.8, 4) is 21.7 Å². The van der Waals surface area contributed by atoms with Gasteiger partial charge >= 0.3 is 5.97 Å². The van der Waals surface area contributed by atoms with Crippen molar-refractivity contribution >= 4 is 50.0 Å². The van der Waals surface area contributed by atoms with Crippen molar-refractivity contribution in [3.63, 3.8) is 0 Å². The number of rotatable bonds is 8. The first-order chi connectivity index (χ1) is 19.9. The number of aryl methyl sites for hydroxylation is 2. The van der Waals surface area contributed by atoms with Gasteiger partial charge in [0.25, 0.3) is 0 Å². The van der Waals surface area contributed by atoms with Gasteiger partial charge in [-0.2, -0.15) is 5.10 Å². The summed E-state index contributed by atoms with van der Waals surface area (Å²) in [5.74, 6) is 0.0687. The second-order valence-corrected chi connectivity index (χ2v) is 12.4. The molecule has 0 unspecified atom stereocenters. The number of thiazole rings is 1. The Hall–Kier alpha value is -3.30. The van der Waals surface area contributed by atoms with E-state index in [1.54, 1.807) is 11.3 Å². The Bertz CT molecular complexity index is 1790. The topological polar surface area (TPSA) is 78.3 Å². The van der Waals surface area contributed by atoms with Crippen molar-refractivity contribution in [1.82, 2.24) is 20.1 Å². The predicted octanol–water partition coefficient (Wildman–Crippen LogP) is 6.95. The number of halogens is 1. The predicted molar refractivity (Wildman–Crippen MR) is 164 cm³/mol. The lowest BCUT2D eigenvalue weighted by molar-refractivity contribution is -0.158. The van der Waals surface area contributed by atoms with Crippen LogP contribution >= 0.6 is 22.9 Å². The average Bonchev–Trinajstić information content (AvgIpc) is 3.57. The molecule has 2 fully saturated rings. The standard InChI is InChI=1S/C32H31ClN4O3S/c1-4-39-32(38)29(40-22-10-11-22)26-17(2)13-24-30(27(26)18-5-8-21(33)9-6-18)41-31(35-24)19-7-12-25-23(14-19)28(36-37(25)3)20-15-34-16-20/h5-9,12-14,20,22,29,34H,4,10-11,15-16H2,1-3H3/t29-/m0/s1. The number of benzene rings is 3. The highest BCUT2D eigenvalue weighted by molar-refractivity contribution is 7.22. The first-order valence-electron chi connectivity index (χ1n) is 14.1. The first kappa shape index (κ1) is 26.6. The lowest BCUT2D eigenvalue weighted by Gasteiger charge is -2.25. The molecule has 9 heteroatoms. The van der Waals surface area contributed by atoms with Gasteiger partial charge in [-0.25, -0.2) is 9.78 Å². The van der Waals surface area contributed by atoms with Gasteiger partial charge in [0.05, 0.1) is 34.1 Å². The normalized spacial score (nSPS) is 16.3. The Labute approximate surface area is 247 Å². The highest BCUT2D eigenvalue weighted by Crippen LogP contribution is 2.45. The molecule has 0 spiro atoms.